The summed E-state index contributed by atoms with van der Waals surface area (Å²) in [7, 11) is 4.08. The maximum Gasteiger partial charge on any atom is 0.311 e. The van der Waals surface area contributed by atoms with Gasteiger partial charge in [-0.3, -0.25) is 4.79 Å². The fourth-order valence-corrected chi connectivity index (χ4v) is 5.06. The third-order valence-corrected chi connectivity index (χ3v) is 6.87. The van der Waals surface area contributed by atoms with Crippen LogP contribution in [0.5, 0.6) is 0 Å². The van der Waals surface area contributed by atoms with Gasteiger partial charge in [0.2, 0.25) is 0 Å². The van der Waals surface area contributed by atoms with Gasteiger partial charge in [-0.25, -0.2) is 0 Å². The smallest absolute Gasteiger partial charge is 0.311 e. The lowest BCUT2D eigenvalue weighted by molar-refractivity contribution is -0.145. The highest BCUT2D eigenvalue weighted by Crippen LogP contribution is 2.62. The van der Waals surface area contributed by atoms with Crippen LogP contribution in [0, 0.1) is 23.2 Å². The first-order valence-corrected chi connectivity index (χ1v) is 8.85. The number of epoxide rings is 1. The molecule has 0 amide bonds. The van der Waals surface area contributed by atoms with Crippen LogP contribution in [0.1, 0.15) is 46.0 Å². The van der Waals surface area contributed by atoms with E-state index < -0.39 is 0 Å². The number of carbonyl (C=O) groups excluding carboxylic acids is 1. The standard InChI is InChI=1S/C18H29NO3/c1-17-7-6-12-13(10-19(3)4)16(20)21-14(12)15-18(2,22-15)8-5-11(17)9-17/h11-15H,5-10H2,1-4H3. The topological polar surface area (TPSA) is 42.1 Å². The molecular formula is C18H29NO3. The molecule has 4 rings (SSSR count). The Balaban J connectivity index is 1.58. The fourth-order valence-electron chi connectivity index (χ4n) is 5.06. The monoisotopic (exact) mass is 307 g/mol. The second-order valence-corrected chi connectivity index (χ2v) is 8.92. The van der Waals surface area contributed by atoms with Gasteiger partial charge in [0.05, 0.1) is 11.5 Å². The van der Waals surface area contributed by atoms with Gasteiger partial charge in [0.25, 0.3) is 0 Å². The molecular weight excluding hydrogens is 278 g/mol. The number of nitrogens with zero attached hydrogens (tertiary/aromatic N) is 1. The molecule has 4 fully saturated rings. The molecule has 0 radical (unpaired) electrons. The molecule has 2 saturated heterocycles. The molecule has 4 aliphatic rings. The minimum Gasteiger partial charge on any atom is -0.459 e. The quantitative estimate of drug-likeness (QED) is 0.580. The molecule has 0 aromatic heterocycles. The number of hydrogen-bond donors (Lipinski definition) is 0. The van der Waals surface area contributed by atoms with Crippen LogP contribution in [0.25, 0.3) is 0 Å². The Hall–Kier alpha value is -0.610. The van der Waals surface area contributed by atoms with Crippen molar-refractivity contribution in [3.8, 4) is 0 Å². The fraction of sp³-hybridized carbons (Fsp3) is 0.944. The first-order chi connectivity index (χ1) is 10.3. The van der Waals surface area contributed by atoms with Crippen LogP contribution < -0.4 is 0 Å². The van der Waals surface area contributed by atoms with Crippen LogP contribution in [0.2, 0.25) is 0 Å². The average Bonchev–Trinajstić information content (AvgIpc) is 3.26. The molecule has 4 heteroatoms. The highest BCUT2D eigenvalue weighted by Gasteiger charge is 2.64. The molecule has 0 aromatic carbocycles. The molecule has 7 atom stereocenters. The maximum absolute atomic E-state index is 12.4. The predicted molar refractivity (Wildman–Crippen MR) is 83.4 cm³/mol. The van der Waals surface area contributed by atoms with E-state index in [0.29, 0.717) is 11.3 Å². The summed E-state index contributed by atoms with van der Waals surface area (Å²) in [4.78, 5) is 14.5. The molecule has 4 nitrogen and oxygen atoms in total. The Bertz CT molecular complexity index is 493. The number of carbonyl (C=O) groups is 1. The van der Waals surface area contributed by atoms with E-state index >= 15 is 0 Å². The van der Waals surface area contributed by atoms with Crippen LogP contribution in [-0.4, -0.2) is 49.3 Å². The lowest BCUT2D eigenvalue weighted by atomic mass is 9.78. The molecule has 22 heavy (non-hydrogen) atoms. The van der Waals surface area contributed by atoms with E-state index in [-0.39, 0.29) is 29.7 Å². The minimum absolute atomic E-state index is 0.00158. The van der Waals surface area contributed by atoms with Crippen molar-refractivity contribution in [1.29, 1.82) is 0 Å². The molecule has 7 unspecified atom stereocenters. The first-order valence-electron chi connectivity index (χ1n) is 8.85. The van der Waals surface area contributed by atoms with Gasteiger partial charge in [0.1, 0.15) is 12.2 Å². The van der Waals surface area contributed by atoms with Gasteiger partial charge in [-0.2, -0.15) is 0 Å². The number of esters is 1. The van der Waals surface area contributed by atoms with Crippen molar-refractivity contribution in [3.05, 3.63) is 0 Å². The van der Waals surface area contributed by atoms with Crippen molar-refractivity contribution in [2.75, 3.05) is 20.6 Å². The second-order valence-electron chi connectivity index (χ2n) is 8.92. The summed E-state index contributed by atoms with van der Waals surface area (Å²) >= 11 is 0. The van der Waals surface area contributed by atoms with E-state index in [1.165, 1.54) is 19.3 Å². The summed E-state index contributed by atoms with van der Waals surface area (Å²) in [6, 6.07) is 0. The minimum atomic E-state index is -0.0446. The normalized spacial score (nSPS) is 53.3. The first kappa shape index (κ1) is 14.9. The summed E-state index contributed by atoms with van der Waals surface area (Å²) in [6.07, 6.45) is 6.23. The Labute approximate surface area is 133 Å². The molecule has 0 aromatic rings. The summed E-state index contributed by atoms with van der Waals surface area (Å²) in [5.74, 6) is 1.22. The molecule has 2 saturated carbocycles. The van der Waals surface area contributed by atoms with Crippen LogP contribution in [0.3, 0.4) is 0 Å². The summed E-state index contributed by atoms with van der Waals surface area (Å²) in [6.45, 7) is 5.44. The van der Waals surface area contributed by atoms with Crippen LogP contribution in [0.4, 0.5) is 0 Å². The summed E-state index contributed by atoms with van der Waals surface area (Å²) in [5.41, 5.74) is 0.466. The van der Waals surface area contributed by atoms with Gasteiger partial charge in [-0.05, 0) is 64.5 Å². The second kappa shape index (κ2) is 4.70. The van der Waals surface area contributed by atoms with E-state index in [1.807, 2.05) is 14.1 Å². The Kier molecular flexibility index (Phi) is 3.19. The average molecular weight is 307 g/mol. The maximum atomic E-state index is 12.4. The van der Waals surface area contributed by atoms with E-state index in [9.17, 15) is 4.79 Å². The van der Waals surface area contributed by atoms with Crippen molar-refractivity contribution in [2.45, 2.75) is 63.8 Å². The van der Waals surface area contributed by atoms with Crippen LogP contribution in [-0.2, 0) is 14.3 Å². The zero-order valence-electron chi connectivity index (χ0n) is 14.3. The van der Waals surface area contributed by atoms with Crippen molar-refractivity contribution in [3.63, 3.8) is 0 Å². The highest BCUT2D eigenvalue weighted by atomic mass is 16.6. The van der Waals surface area contributed by atoms with Crippen LogP contribution in [0.15, 0.2) is 0 Å². The zero-order valence-corrected chi connectivity index (χ0v) is 14.3. The van der Waals surface area contributed by atoms with Gasteiger partial charge in [-0.1, -0.05) is 6.92 Å². The van der Waals surface area contributed by atoms with Gasteiger partial charge < -0.3 is 14.4 Å². The Morgan fingerprint density at radius 1 is 1.23 bits per heavy atom. The van der Waals surface area contributed by atoms with Gasteiger partial charge >= 0.3 is 5.97 Å². The van der Waals surface area contributed by atoms with Gasteiger partial charge in [0, 0.05) is 12.5 Å². The number of rotatable bonds is 2. The number of fused-ring (bicyclic) bond motifs is 4. The van der Waals surface area contributed by atoms with E-state index in [2.05, 4.69) is 18.7 Å². The largest absolute Gasteiger partial charge is 0.459 e. The number of ether oxygens (including phenoxy) is 2. The molecule has 0 spiro atoms. The highest BCUT2D eigenvalue weighted by molar-refractivity contribution is 5.75. The molecule has 2 aliphatic carbocycles. The van der Waals surface area contributed by atoms with Crippen molar-refractivity contribution in [1.82, 2.24) is 4.90 Å². The zero-order chi connectivity index (χ0) is 15.7. The molecule has 124 valence electrons. The Morgan fingerprint density at radius 3 is 2.73 bits per heavy atom. The lowest BCUT2D eigenvalue weighted by Gasteiger charge is -2.25. The molecule has 0 bridgehead atoms. The SMILES string of the molecule is CN(C)CC1C(=O)OC2C1CCC1(C)CC1CCC1(C)OC21. The van der Waals surface area contributed by atoms with Crippen molar-refractivity contribution < 1.29 is 14.3 Å². The van der Waals surface area contributed by atoms with Crippen molar-refractivity contribution in [2.24, 2.45) is 23.2 Å². The van der Waals surface area contributed by atoms with Crippen LogP contribution >= 0.6 is 0 Å². The summed E-state index contributed by atoms with van der Waals surface area (Å²) < 4.78 is 11.9. The van der Waals surface area contributed by atoms with E-state index in [0.717, 1.165) is 25.3 Å². The van der Waals surface area contributed by atoms with E-state index in [1.54, 1.807) is 0 Å². The van der Waals surface area contributed by atoms with Gasteiger partial charge in [0.15, 0.2) is 0 Å². The van der Waals surface area contributed by atoms with E-state index in [4.69, 9.17) is 9.47 Å². The third kappa shape index (κ3) is 2.30. The van der Waals surface area contributed by atoms with Gasteiger partial charge in [-0.15, -0.1) is 0 Å². The predicted octanol–water partition coefficient (Wildman–Crippen LogP) is 2.46. The third-order valence-electron chi connectivity index (χ3n) is 6.87. The van der Waals surface area contributed by atoms with Crippen molar-refractivity contribution >= 4 is 5.97 Å². The molecule has 2 heterocycles. The summed E-state index contributed by atoms with van der Waals surface area (Å²) in [5, 5.41) is 0. The Morgan fingerprint density at radius 2 is 2.00 bits per heavy atom. The lowest BCUT2D eigenvalue weighted by Crippen LogP contribution is -2.34. The molecule has 2 aliphatic heterocycles. The number of hydrogen-bond acceptors (Lipinski definition) is 4. The molecule has 0 N–H and O–H groups in total.